The minimum Gasteiger partial charge on any atom is -0.481 e. The highest BCUT2D eigenvalue weighted by Crippen LogP contribution is 2.34. The third kappa shape index (κ3) is 4.76. The molecule has 4 rings (SSSR count). The molecule has 0 N–H and O–H groups in total. The quantitative estimate of drug-likeness (QED) is 0.237. The molecule has 33 heavy (non-hydrogen) atoms. The van der Waals surface area contributed by atoms with Crippen LogP contribution < -0.4 is 10.2 Å². The van der Waals surface area contributed by atoms with Gasteiger partial charge in [0.25, 0.3) is 5.69 Å². The average molecular weight is 464 g/mol. The smallest absolute Gasteiger partial charge is 0.269 e. The molecule has 0 radical (unpaired) electrons. The van der Waals surface area contributed by atoms with E-state index in [-0.39, 0.29) is 28.9 Å². The molecule has 0 bridgehead atoms. The maximum Gasteiger partial charge on any atom is 0.269 e. The molecule has 0 aliphatic rings. The molecule has 0 saturated carbocycles. The molecular formula is C26H22ClNO5. The lowest BCUT2D eigenvalue weighted by Gasteiger charge is -2.19. The summed E-state index contributed by atoms with van der Waals surface area (Å²) in [6.45, 7) is 6.42. The van der Waals surface area contributed by atoms with Gasteiger partial charge in [0, 0.05) is 22.7 Å². The number of fused-ring (bicyclic) bond motifs is 1. The van der Waals surface area contributed by atoms with Gasteiger partial charge in [-0.25, -0.2) is 0 Å². The van der Waals surface area contributed by atoms with E-state index < -0.39 is 4.92 Å². The van der Waals surface area contributed by atoms with Gasteiger partial charge in [-0.2, -0.15) is 0 Å². The predicted molar refractivity (Wildman–Crippen MR) is 129 cm³/mol. The topological polar surface area (TPSA) is 82.6 Å². The van der Waals surface area contributed by atoms with Crippen LogP contribution in [0.3, 0.4) is 0 Å². The SMILES string of the molecule is CC(C)(C)c1ccc(-c2oc3ccc(Cl)cc3c(=O)c2OCc2ccc([N+](=O)[O-])cc2)cc1. The van der Waals surface area contributed by atoms with Gasteiger partial charge in [0.1, 0.15) is 12.2 Å². The van der Waals surface area contributed by atoms with Crippen LogP contribution >= 0.6 is 11.6 Å². The van der Waals surface area contributed by atoms with Crippen LogP contribution in [0, 0.1) is 10.1 Å². The Hall–Kier alpha value is -3.64. The van der Waals surface area contributed by atoms with Gasteiger partial charge < -0.3 is 9.15 Å². The molecule has 0 spiro atoms. The summed E-state index contributed by atoms with van der Waals surface area (Å²) in [4.78, 5) is 23.8. The first-order valence-electron chi connectivity index (χ1n) is 10.4. The van der Waals surface area contributed by atoms with Gasteiger partial charge in [0.15, 0.2) is 5.76 Å². The Morgan fingerprint density at radius 2 is 1.67 bits per heavy atom. The zero-order valence-electron chi connectivity index (χ0n) is 18.4. The Bertz CT molecular complexity index is 1380. The Kier molecular flexibility index (Phi) is 5.95. The van der Waals surface area contributed by atoms with E-state index in [1.165, 1.54) is 12.1 Å². The van der Waals surface area contributed by atoms with Crippen LogP contribution in [-0.2, 0) is 12.0 Å². The molecule has 6 nitrogen and oxygen atoms in total. The molecule has 0 saturated heterocycles. The van der Waals surface area contributed by atoms with Crippen molar-refractivity contribution >= 4 is 28.3 Å². The number of nitro benzene ring substituents is 1. The monoisotopic (exact) mass is 463 g/mol. The molecule has 0 aliphatic carbocycles. The van der Waals surface area contributed by atoms with Crippen LogP contribution in [0.2, 0.25) is 5.02 Å². The minimum absolute atomic E-state index is 0.0155. The van der Waals surface area contributed by atoms with Crippen molar-refractivity contribution in [2.75, 3.05) is 0 Å². The molecule has 168 valence electrons. The zero-order chi connectivity index (χ0) is 23.8. The summed E-state index contributed by atoms with van der Waals surface area (Å²) >= 11 is 6.10. The number of halogens is 1. The van der Waals surface area contributed by atoms with Gasteiger partial charge in [-0.3, -0.25) is 14.9 Å². The van der Waals surface area contributed by atoms with Crippen LogP contribution in [0.15, 0.2) is 75.9 Å². The van der Waals surface area contributed by atoms with Crippen molar-refractivity contribution < 1.29 is 14.1 Å². The third-order valence-electron chi connectivity index (χ3n) is 5.35. The summed E-state index contributed by atoms with van der Waals surface area (Å²) in [7, 11) is 0. The number of nitrogens with zero attached hydrogens (tertiary/aromatic N) is 1. The summed E-state index contributed by atoms with van der Waals surface area (Å²) < 4.78 is 12.0. The maximum absolute atomic E-state index is 13.3. The summed E-state index contributed by atoms with van der Waals surface area (Å²) in [6.07, 6.45) is 0. The first-order valence-corrected chi connectivity index (χ1v) is 10.7. The minimum atomic E-state index is -0.467. The van der Waals surface area contributed by atoms with Crippen LogP contribution in [-0.4, -0.2) is 4.92 Å². The molecule has 1 aromatic heterocycles. The van der Waals surface area contributed by atoms with Crippen molar-refractivity contribution in [1.82, 2.24) is 0 Å². The largest absolute Gasteiger partial charge is 0.481 e. The van der Waals surface area contributed by atoms with E-state index in [0.29, 0.717) is 32.9 Å². The number of ether oxygens (including phenoxy) is 1. The highest BCUT2D eigenvalue weighted by atomic mass is 35.5. The lowest BCUT2D eigenvalue weighted by molar-refractivity contribution is -0.384. The summed E-state index contributed by atoms with van der Waals surface area (Å²) in [5, 5.41) is 11.6. The number of hydrogen-bond acceptors (Lipinski definition) is 5. The second-order valence-corrected chi connectivity index (χ2v) is 9.21. The second-order valence-electron chi connectivity index (χ2n) is 8.77. The van der Waals surface area contributed by atoms with E-state index in [1.54, 1.807) is 30.3 Å². The van der Waals surface area contributed by atoms with Gasteiger partial charge in [-0.1, -0.05) is 56.6 Å². The Morgan fingerprint density at radius 3 is 2.27 bits per heavy atom. The third-order valence-corrected chi connectivity index (χ3v) is 5.59. The number of nitro groups is 1. The first-order chi connectivity index (χ1) is 15.6. The van der Waals surface area contributed by atoms with E-state index in [4.69, 9.17) is 20.8 Å². The summed E-state index contributed by atoms with van der Waals surface area (Å²) in [5.74, 6) is 0.379. The maximum atomic E-state index is 13.3. The Balaban J connectivity index is 1.78. The second kappa shape index (κ2) is 8.71. The standard InChI is InChI=1S/C26H22ClNO5/c1-26(2,3)18-8-6-17(7-9-18)24-25(23(29)21-14-19(27)10-13-22(21)33-24)32-15-16-4-11-20(12-5-16)28(30)31/h4-14H,15H2,1-3H3. The summed E-state index contributed by atoms with van der Waals surface area (Å²) in [6, 6.07) is 18.7. The van der Waals surface area contributed by atoms with Crippen molar-refractivity contribution in [2.24, 2.45) is 0 Å². The number of hydrogen-bond donors (Lipinski definition) is 0. The van der Waals surface area contributed by atoms with E-state index >= 15 is 0 Å². The van der Waals surface area contributed by atoms with E-state index in [0.717, 1.165) is 5.56 Å². The first kappa shape index (κ1) is 22.6. The molecule has 0 atom stereocenters. The van der Waals surface area contributed by atoms with Crippen molar-refractivity contribution in [2.45, 2.75) is 32.8 Å². The predicted octanol–water partition coefficient (Wildman–Crippen LogP) is 6.90. The number of rotatable bonds is 5. The van der Waals surface area contributed by atoms with Gasteiger partial charge in [0.2, 0.25) is 11.2 Å². The van der Waals surface area contributed by atoms with Gasteiger partial charge in [0.05, 0.1) is 10.3 Å². The zero-order valence-corrected chi connectivity index (χ0v) is 19.2. The fourth-order valence-electron chi connectivity index (χ4n) is 3.46. The lowest BCUT2D eigenvalue weighted by Crippen LogP contribution is -2.11. The number of non-ortho nitro benzene ring substituents is 1. The average Bonchev–Trinajstić information content (AvgIpc) is 2.78. The molecule has 0 fully saturated rings. The van der Waals surface area contributed by atoms with Crippen molar-refractivity contribution in [3.05, 3.63) is 103 Å². The fourth-order valence-corrected chi connectivity index (χ4v) is 3.63. The highest BCUT2D eigenvalue weighted by Gasteiger charge is 2.20. The lowest BCUT2D eigenvalue weighted by atomic mass is 9.86. The van der Waals surface area contributed by atoms with Gasteiger partial charge >= 0.3 is 0 Å². The Labute approximate surface area is 195 Å². The molecule has 0 aliphatic heterocycles. The van der Waals surface area contributed by atoms with Crippen molar-refractivity contribution in [1.29, 1.82) is 0 Å². The number of benzene rings is 3. The van der Waals surface area contributed by atoms with E-state index in [2.05, 4.69) is 20.8 Å². The van der Waals surface area contributed by atoms with Crippen LogP contribution in [0.1, 0.15) is 31.9 Å². The fraction of sp³-hybridized carbons (Fsp3) is 0.192. The molecule has 3 aromatic carbocycles. The normalized spacial score (nSPS) is 11.5. The highest BCUT2D eigenvalue weighted by molar-refractivity contribution is 6.31. The van der Waals surface area contributed by atoms with Gasteiger partial charge in [-0.05, 0) is 46.9 Å². The van der Waals surface area contributed by atoms with Crippen molar-refractivity contribution in [3.63, 3.8) is 0 Å². The molecule has 0 unspecified atom stereocenters. The molecule has 0 amide bonds. The van der Waals surface area contributed by atoms with E-state index in [1.807, 2.05) is 24.3 Å². The molecule has 7 heteroatoms. The van der Waals surface area contributed by atoms with Crippen LogP contribution in [0.25, 0.3) is 22.3 Å². The summed E-state index contributed by atoms with van der Waals surface area (Å²) in [5.41, 5.74) is 2.57. The molecule has 1 heterocycles. The molecule has 4 aromatic rings. The van der Waals surface area contributed by atoms with Gasteiger partial charge in [-0.15, -0.1) is 0 Å². The molecular weight excluding hydrogens is 442 g/mol. The van der Waals surface area contributed by atoms with Crippen LogP contribution in [0.5, 0.6) is 5.75 Å². The van der Waals surface area contributed by atoms with Crippen molar-refractivity contribution in [3.8, 4) is 17.1 Å². The Morgan fingerprint density at radius 1 is 1.00 bits per heavy atom. The van der Waals surface area contributed by atoms with Crippen LogP contribution in [0.4, 0.5) is 5.69 Å². The van der Waals surface area contributed by atoms with E-state index in [9.17, 15) is 14.9 Å².